The summed E-state index contributed by atoms with van der Waals surface area (Å²) >= 11 is 0. The molecule has 0 unspecified atom stereocenters. The minimum atomic E-state index is -0.455. The number of hydrogen-bond donors (Lipinski definition) is 0. The van der Waals surface area contributed by atoms with Crippen molar-refractivity contribution in [3.63, 3.8) is 0 Å². The number of rotatable bonds is 18. The van der Waals surface area contributed by atoms with Gasteiger partial charge in [-0.3, -0.25) is 0 Å². The van der Waals surface area contributed by atoms with Crippen molar-refractivity contribution in [2.75, 3.05) is 92.5 Å². The third-order valence-corrected chi connectivity index (χ3v) is 6.68. The molecular weight excluding hydrogens is 520 g/mol. The van der Waals surface area contributed by atoms with E-state index >= 15 is 0 Å². The second-order valence-electron chi connectivity index (χ2n) is 11.0. The lowest BCUT2D eigenvalue weighted by Crippen LogP contribution is -2.43. The van der Waals surface area contributed by atoms with Crippen LogP contribution in [0.1, 0.15) is 34.6 Å². The summed E-state index contributed by atoms with van der Waals surface area (Å²) in [4.78, 5) is 25.0. The van der Waals surface area contributed by atoms with Crippen molar-refractivity contribution < 1.29 is 47.5 Å². The molecule has 10 heteroatoms. The van der Waals surface area contributed by atoms with E-state index < -0.39 is 11.9 Å². The summed E-state index contributed by atoms with van der Waals surface area (Å²) in [6.07, 6.45) is 0. The van der Waals surface area contributed by atoms with Crippen LogP contribution < -0.4 is 0 Å². The summed E-state index contributed by atoms with van der Waals surface area (Å²) in [6, 6.07) is 10.4. The highest BCUT2D eigenvalue weighted by Gasteiger charge is 2.34. The highest BCUT2D eigenvalue weighted by atomic mass is 16.6. The fraction of sp³-hybridized carbons (Fsp3) is 0.600. The maximum absolute atomic E-state index is 12.5. The van der Waals surface area contributed by atoms with E-state index in [1.165, 1.54) is 0 Å². The molecule has 2 aliphatic rings. The van der Waals surface area contributed by atoms with E-state index in [1.807, 2.05) is 12.1 Å². The van der Waals surface area contributed by atoms with Crippen molar-refractivity contribution in [2.24, 2.45) is 10.8 Å². The van der Waals surface area contributed by atoms with Gasteiger partial charge in [0, 0.05) is 10.8 Å². The Labute approximate surface area is 235 Å². The summed E-state index contributed by atoms with van der Waals surface area (Å²) in [5, 5.41) is 1.63. The zero-order valence-corrected chi connectivity index (χ0v) is 23.4. The fourth-order valence-electron chi connectivity index (χ4n) is 4.20. The predicted molar refractivity (Wildman–Crippen MR) is 146 cm³/mol. The summed E-state index contributed by atoms with van der Waals surface area (Å²) in [7, 11) is 0. The largest absolute Gasteiger partial charge is 0.460 e. The Bertz CT molecular complexity index is 1030. The third kappa shape index (κ3) is 9.22. The molecule has 0 N–H and O–H groups in total. The van der Waals surface area contributed by atoms with Crippen molar-refractivity contribution in [3.05, 3.63) is 47.5 Å². The zero-order valence-electron chi connectivity index (χ0n) is 23.4. The molecule has 2 aromatic carbocycles. The van der Waals surface area contributed by atoms with Crippen LogP contribution in [0.25, 0.3) is 10.8 Å². The first-order valence-electron chi connectivity index (χ1n) is 13.7. The Hall–Kier alpha value is -2.60. The van der Waals surface area contributed by atoms with E-state index in [4.69, 9.17) is 37.9 Å². The number of ether oxygens (including phenoxy) is 8. The lowest BCUT2D eigenvalue weighted by atomic mass is 9.90. The van der Waals surface area contributed by atoms with Gasteiger partial charge in [0.15, 0.2) is 0 Å². The molecular formula is C30H40O10. The third-order valence-electron chi connectivity index (χ3n) is 6.68. The molecule has 2 aromatic rings. The van der Waals surface area contributed by atoms with Crippen molar-refractivity contribution >= 4 is 22.7 Å². The predicted octanol–water partition coefficient (Wildman–Crippen LogP) is 3.29. The molecule has 0 spiro atoms. The van der Waals surface area contributed by atoms with Gasteiger partial charge in [0.1, 0.15) is 13.2 Å². The Morgan fingerprint density at radius 1 is 0.600 bits per heavy atom. The standard InChI is InChI=1S/C30H40O10/c1-29(19-37-20-29)17-35-9-7-33-11-13-39-27(31)24-5-3-23-4-6-25(16-26(23)15-24)28(32)40-14-12-34-8-10-36-18-30(2)21-38-22-30/h3-6,15-16H,7-14,17-22H2,1-2H3. The summed E-state index contributed by atoms with van der Waals surface area (Å²) in [6.45, 7) is 11.1. The van der Waals surface area contributed by atoms with Crippen LogP contribution in [-0.4, -0.2) is 104 Å². The SMILES string of the molecule is CC1(COCCOCCOC(=O)c2ccc3ccc(C(=O)OCCOCCOCC4(C)COC4)cc3c2)COC1. The van der Waals surface area contributed by atoms with Crippen LogP contribution in [-0.2, 0) is 37.9 Å². The van der Waals surface area contributed by atoms with Gasteiger partial charge < -0.3 is 37.9 Å². The first-order chi connectivity index (χ1) is 19.4. The number of fused-ring (bicyclic) bond motifs is 1. The molecule has 0 amide bonds. The van der Waals surface area contributed by atoms with Gasteiger partial charge in [-0.1, -0.05) is 26.0 Å². The van der Waals surface area contributed by atoms with Crippen LogP contribution in [0.2, 0.25) is 0 Å². The van der Waals surface area contributed by atoms with Gasteiger partial charge in [-0.15, -0.1) is 0 Å². The average Bonchev–Trinajstić information content (AvgIpc) is 2.93. The molecule has 40 heavy (non-hydrogen) atoms. The maximum atomic E-state index is 12.5. The van der Waals surface area contributed by atoms with Gasteiger partial charge >= 0.3 is 11.9 Å². The highest BCUT2D eigenvalue weighted by Crippen LogP contribution is 2.27. The van der Waals surface area contributed by atoms with Gasteiger partial charge in [0.2, 0.25) is 0 Å². The topological polar surface area (TPSA) is 108 Å². The van der Waals surface area contributed by atoms with E-state index in [9.17, 15) is 9.59 Å². The van der Waals surface area contributed by atoms with Crippen LogP contribution in [0.3, 0.4) is 0 Å². The minimum absolute atomic E-state index is 0.116. The molecule has 0 atom stereocenters. The number of carbonyl (C=O) groups is 2. The molecule has 0 aromatic heterocycles. The van der Waals surface area contributed by atoms with E-state index in [0.29, 0.717) is 50.8 Å². The van der Waals surface area contributed by atoms with Gasteiger partial charge in [0.25, 0.3) is 0 Å². The molecule has 4 rings (SSSR count). The van der Waals surface area contributed by atoms with Crippen molar-refractivity contribution in [3.8, 4) is 0 Å². The molecule has 0 bridgehead atoms. The van der Waals surface area contributed by atoms with E-state index in [1.54, 1.807) is 24.3 Å². The van der Waals surface area contributed by atoms with E-state index in [0.717, 1.165) is 37.2 Å². The second kappa shape index (κ2) is 14.9. The fourth-order valence-corrected chi connectivity index (χ4v) is 4.20. The molecule has 2 heterocycles. The minimum Gasteiger partial charge on any atom is -0.460 e. The quantitative estimate of drug-likeness (QED) is 0.199. The number of benzene rings is 2. The normalized spacial score (nSPS) is 17.1. The molecule has 0 saturated carbocycles. The number of carbonyl (C=O) groups excluding carboxylic acids is 2. The molecule has 0 aliphatic carbocycles. The summed E-state index contributed by atoms with van der Waals surface area (Å²) < 4.78 is 43.2. The highest BCUT2D eigenvalue weighted by molar-refractivity contribution is 5.99. The Balaban J connectivity index is 1.10. The van der Waals surface area contributed by atoms with Crippen LogP contribution in [0.4, 0.5) is 0 Å². The summed E-state index contributed by atoms with van der Waals surface area (Å²) in [5.74, 6) is -0.909. The van der Waals surface area contributed by atoms with Crippen LogP contribution in [0.15, 0.2) is 36.4 Å². The smallest absolute Gasteiger partial charge is 0.338 e. The Kier molecular flexibility index (Phi) is 11.3. The average molecular weight is 561 g/mol. The van der Waals surface area contributed by atoms with Gasteiger partial charge in [0.05, 0.1) is 90.4 Å². The second-order valence-corrected chi connectivity index (χ2v) is 11.0. The molecule has 2 aliphatic heterocycles. The number of esters is 2. The molecule has 10 nitrogen and oxygen atoms in total. The molecule has 0 radical (unpaired) electrons. The van der Waals surface area contributed by atoms with E-state index in [-0.39, 0.29) is 37.3 Å². The van der Waals surface area contributed by atoms with E-state index in [2.05, 4.69) is 13.8 Å². The van der Waals surface area contributed by atoms with Crippen molar-refractivity contribution in [1.29, 1.82) is 0 Å². The maximum Gasteiger partial charge on any atom is 0.338 e. The zero-order chi connectivity index (χ0) is 28.3. The lowest BCUT2D eigenvalue weighted by molar-refractivity contribution is -0.141. The van der Waals surface area contributed by atoms with Crippen LogP contribution >= 0.6 is 0 Å². The Morgan fingerprint density at radius 3 is 1.40 bits per heavy atom. The molecule has 220 valence electrons. The number of hydrogen-bond acceptors (Lipinski definition) is 10. The molecule has 2 fully saturated rings. The van der Waals surface area contributed by atoms with Gasteiger partial charge in [-0.2, -0.15) is 0 Å². The summed E-state index contributed by atoms with van der Waals surface area (Å²) in [5.41, 5.74) is 1.02. The van der Waals surface area contributed by atoms with Gasteiger partial charge in [-0.25, -0.2) is 9.59 Å². The monoisotopic (exact) mass is 560 g/mol. The lowest BCUT2D eigenvalue weighted by Gasteiger charge is -2.37. The molecule has 2 saturated heterocycles. The Morgan fingerprint density at radius 2 is 1.00 bits per heavy atom. The first kappa shape index (κ1) is 30.4. The van der Waals surface area contributed by atoms with Crippen molar-refractivity contribution in [1.82, 2.24) is 0 Å². The van der Waals surface area contributed by atoms with Gasteiger partial charge in [-0.05, 0) is 35.0 Å². The first-order valence-corrected chi connectivity index (χ1v) is 13.7. The van der Waals surface area contributed by atoms with Crippen LogP contribution in [0.5, 0.6) is 0 Å². The van der Waals surface area contributed by atoms with Crippen LogP contribution in [0, 0.1) is 10.8 Å². The van der Waals surface area contributed by atoms with Crippen molar-refractivity contribution in [2.45, 2.75) is 13.8 Å².